The molecule has 5 nitrogen and oxygen atoms in total. The highest BCUT2D eigenvalue weighted by Gasteiger charge is 2.16. The minimum atomic E-state index is -3.52. The molecule has 3 N–H and O–H groups in total. The van der Waals surface area contributed by atoms with E-state index in [1.807, 2.05) is 0 Å². The summed E-state index contributed by atoms with van der Waals surface area (Å²) in [6.45, 7) is 1.91. The number of nitrogens with two attached hydrogens (primary N) is 1. The van der Waals surface area contributed by atoms with Crippen LogP contribution in [0.15, 0.2) is 34.0 Å². The van der Waals surface area contributed by atoms with Gasteiger partial charge in [0, 0.05) is 11.1 Å². The molecular formula is C11H13N3O2S2. The number of rotatable bonds is 4. The molecule has 0 spiro atoms. The molecule has 0 saturated carbocycles. The van der Waals surface area contributed by atoms with Crippen molar-refractivity contribution >= 4 is 27.0 Å². The van der Waals surface area contributed by atoms with Gasteiger partial charge in [-0.3, -0.25) is 0 Å². The maximum Gasteiger partial charge on any atom is 0.241 e. The van der Waals surface area contributed by atoms with Crippen LogP contribution in [0.1, 0.15) is 11.3 Å². The van der Waals surface area contributed by atoms with Gasteiger partial charge in [0.25, 0.3) is 0 Å². The lowest BCUT2D eigenvalue weighted by Gasteiger charge is -2.08. The Morgan fingerprint density at radius 3 is 2.83 bits per heavy atom. The van der Waals surface area contributed by atoms with Gasteiger partial charge in [-0.15, -0.1) is 11.3 Å². The Morgan fingerprint density at radius 1 is 1.44 bits per heavy atom. The predicted molar refractivity (Wildman–Crippen MR) is 71.7 cm³/mol. The van der Waals surface area contributed by atoms with Crippen LogP contribution < -0.4 is 10.5 Å². The molecule has 2 rings (SSSR count). The lowest BCUT2D eigenvalue weighted by molar-refractivity contribution is 0.580. The lowest BCUT2D eigenvalue weighted by Crippen LogP contribution is -2.24. The zero-order valence-electron chi connectivity index (χ0n) is 9.75. The minimum absolute atomic E-state index is 0.190. The van der Waals surface area contributed by atoms with E-state index >= 15 is 0 Å². The van der Waals surface area contributed by atoms with E-state index < -0.39 is 10.0 Å². The third-order valence-electron chi connectivity index (χ3n) is 2.42. The van der Waals surface area contributed by atoms with Crippen LogP contribution in [0.5, 0.6) is 0 Å². The number of anilines is 1. The Kier molecular flexibility index (Phi) is 3.65. The first-order valence-corrected chi connectivity index (χ1v) is 7.64. The third-order valence-corrected chi connectivity index (χ3v) is 4.61. The summed E-state index contributed by atoms with van der Waals surface area (Å²) in [5.74, 6) is 0. The largest absolute Gasteiger partial charge is 0.399 e. The number of nitrogen functional groups attached to an aromatic ring is 1. The Balaban J connectivity index is 2.20. The van der Waals surface area contributed by atoms with Crippen molar-refractivity contribution in [3.8, 4) is 0 Å². The van der Waals surface area contributed by atoms with Crippen LogP contribution >= 0.6 is 11.3 Å². The SMILES string of the molecule is Cc1cc(N)ccc1S(=O)(=O)NCc1cscn1. The molecule has 1 aromatic carbocycles. The predicted octanol–water partition coefficient (Wildman–Crippen LogP) is 1.51. The van der Waals surface area contributed by atoms with Crippen LogP contribution in [-0.2, 0) is 16.6 Å². The molecule has 0 atom stereocenters. The molecule has 0 unspecified atom stereocenters. The highest BCUT2D eigenvalue weighted by Crippen LogP contribution is 2.17. The highest BCUT2D eigenvalue weighted by molar-refractivity contribution is 7.89. The van der Waals surface area contributed by atoms with Crippen molar-refractivity contribution in [1.82, 2.24) is 9.71 Å². The fraction of sp³-hybridized carbons (Fsp3) is 0.182. The first kappa shape index (κ1) is 13.0. The maximum absolute atomic E-state index is 12.1. The molecule has 0 aliphatic heterocycles. The van der Waals surface area contributed by atoms with Crippen LogP contribution in [0.2, 0.25) is 0 Å². The third kappa shape index (κ3) is 2.87. The molecule has 18 heavy (non-hydrogen) atoms. The number of benzene rings is 1. The van der Waals surface area contributed by atoms with E-state index in [0.29, 0.717) is 16.9 Å². The number of hydrogen-bond acceptors (Lipinski definition) is 5. The van der Waals surface area contributed by atoms with E-state index in [0.717, 1.165) is 0 Å². The topological polar surface area (TPSA) is 85.1 Å². The number of aromatic nitrogens is 1. The molecule has 0 fully saturated rings. The number of nitrogens with one attached hydrogen (secondary N) is 1. The van der Waals surface area contributed by atoms with Crippen LogP contribution in [0.25, 0.3) is 0 Å². The summed E-state index contributed by atoms with van der Waals surface area (Å²) in [7, 11) is -3.52. The molecule has 0 aliphatic rings. The smallest absolute Gasteiger partial charge is 0.241 e. The molecule has 0 saturated heterocycles. The fourth-order valence-corrected chi connectivity index (χ4v) is 3.33. The zero-order valence-corrected chi connectivity index (χ0v) is 11.4. The van der Waals surface area contributed by atoms with Crippen molar-refractivity contribution in [3.63, 3.8) is 0 Å². The lowest BCUT2D eigenvalue weighted by atomic mass is 10.2. The van der Waals surface area contributed by atoms with Gasteiger partial charge in [-0.25, -0.2) is 18.1 Å². The average Bonchev–Trinajstić information content (AvgIpc) is 2.78. The van der Waals surface area contributed by atoms with Crippen LogP contribution in [0, 0.1) is 6.92 Å². The van der Waals surface area contributed by atoms with Gasteiger partial charge in [0.1, 0.15) is 0 Å². The van der Waals surface area contributed by atoms with Gasteiger partial charge in [-0.1, -0.05) is 0 Å². The van der Waals surface area contributed by atoms with Gasteiger partial charge in [0.2, 0.25) is 10.0 Å². The van der Waals surface area contributed by atoms with Crippen molar-refractivity contribution in [2.24, 2.45) is 0 Å². The van der Waals surface area contributed by atoms with Gasteiger partial charge in [0.05, 0.1) is 22.6 Å². The summed E-state index contributed by atoms with van der Waals surface area (Å²) in [6, 6.07) is 4.72. The van der Waals surface area contributed by atoms with Crippen molar-refractivity contribution in [1.29, 1.82) is 0 Å². The van der Waals surface area contributed by atoms with E-state index in [2.05, 4.69) is 9.71 Å². The number of nitrogens with zero attached hydrogens (tertiary/aromatic N) is 1. The summed E-state index contributed by atoms with van der Waals surface area (Å²) < 4.78 is 26.7. The fourth-order valence-electron chi connectivity index (χ4n) is 1.55. The number of sulfonamides is 1. The normalized spacial score (nSPS) is 11.6. The van der Waals surface area contributed by atoms with Gasteiger partial charge in [-0.05, 0) is 30.7 Å². The Labute approximate surface area is 110 Å². The second-order valence-corrected chi connectivity index (χ2v) is 6.28. The van der Waals surface area contributed by atoms with Crippen molar-refractivity contribution < 1.29 is 8.42 Å². The van der Waals surface area contributed by atoms with Gasteiger partial charge >= 0.3 is 0 Å². The molecule has 0 radical (unpaired) electrons. The molecule has 0 aliphatic carbocycles. The summed E-state index contributed by atoms with van der Waals surface area (Å²) in [4.78, 5) is 4.26. The molecule has 0 amide bonds. The Hall–Kier alpha value is -1.44. The first-order valence-electron chi connectivity index (χ1n) is 5.22. The first-order chi connectivity index (χ1) is 8.49. The standard InChI is InChI=1S/C11H13N3O2S2/c1-8-4-9(12)2-3-11(8)18(15,16)14-5-10-6-17-7-13-10/h2-4,6-7,14H,5,12H2,1H3. The summed E-state index contributed by atoms with van der Waals surface area (Å²) in [6.07, 6.45) is 0. The van der Waals surface area contributed by atoms with E-state index in [9.17, 15) is 8.42 Å². The Bertz CT molecular complexity index is 636. The molecule has 2 aromatic rings. The summed E-state index contributed by atoms with van der Waals surface area (Å²) in [5, 5.41) is 1.80. The van der Waals surface area contributed by atoms with Gasteiger partial charge in [-0.2, -0.15) is 0 Å². The number of aryl methyl sites for hydroxylation is 1. The molecule has 1 aromatic heterocycles. The Morgan fingerprint density at radius 2 is 2.22 bits per heavy atom. The van der Waals surface area contributed by atoms with Gasteiger partial charge < -0.3 is 5.73 Å². The van der Waals surface area contributed by atoms with E-state index in [4.69, 9.17) is 5.73 Å². The summed E-state index contributed by atoms with van der Waals surface area (Å²) in [5.41, 5.74) is 9.14. The maximum atomic E-state index is 12.1. The molecule has 0 bridgehead atoms. The van der Waals surface area contributed by atoms with Crippen LogP contribution in [-0.4, -0.2) is 13.4 Å². The molecule has 7 heteroatoms. The highest BCUT2D eigenvalue weighted by atomic mass is 32.2. The van der Waals surface area contributed by atoms with E-state index in [-0.39, 0.29) is 11.4 Å². The quantitative estimate of drug-likeness (QED) is 0.833. The van der Waals surface area contributed by atoms with Crippen molar-refractivity contribution in [2.45, 2.75) is 18.4 Å². The monoisotopic (exact) mass is 283 g/mol. The van der Waals surface area contributed by atoms with E-state index in [1.165, 1.54) is 17.4 Å². The van der Waals surface area contributed by atoms with Crippen molar-refractivity contribution in [2.75, 3.05) is 5.73 Å². The van der Waals surface area contributed by atoms with E-state index in [1.54, 1.807) is 29.9 Å². The molecule has 96 valence electrons. The second kappa shape index (κ2) is 5.05. The van der Waals surface area contributed by atoms with Crippen molar-refractivity contribution in [3.05, 3.63) is 40.3 Å². The average molecular weight is 283 g/mol. The number of thiazole rings is 1. The summed E-state index contributed by atoms with van der Waals surface area (Å²) >= 11 is 1.43. The van der Waals surface area contributed by atoms with Gasteiger partial charge in [0.15, 0.2) is 0 Å². The minimum Gasteiger partial charge on any atom is -0.399 e. The zero-order chi connectivity index (χ0) is 13.2. The molecule has 1 heterocycles. The van der Waals surface area contributed by atoms with Crippen LogP contribution in [0.4, 0.5) is 5.69 Å². The van der Waals surface area contributed by atoms with Crippen LogP contribution in [0.3, 0.4) is 0 Å². The molecular weight excluding hydrogens is 270 g/mol. The second-order valence-electron chi connectivity index (χ2n) is 3.83. The number of hydrogen-bond donors (Lipinski definition) is 2.